The Balaban J connectivity index is 2.03. The zero-order chi connectivity index (χ0) is 20.2. The first kappa shape index (κ1) is 20.9. The van der Waals surface area contributed by atoms with Crippen LogP contribution in [-0.2, 0) is 10.0 Å². The van der Waals surface area contributed by atoms with E-state index < -0.39 is 10.0 Å². The molecule has 1 amide bonds. The van der Waals surface area contributed by atoms with Crippen LogP contribution in [0.3, 0.4) is 0 Å². The number of rotatable bonds is 7. The molecule has 27 heavy (non-hydrogen) atoms. The summed E-state index contributed by atoms with van der Waals surface area (Å²) >= 11 is 0. The fourth-order valence-electron chi connectivity index (χ4n) is 2.62. The lowest BCUT2D eigenvalue weighted by Gasteiger charge is -2.15. The van der Waals surface area contributed by atoms with Crippen LogP contribution in [0, 0.1) is 6.92 Å². The van der Waals surface area contributed by atoms with Gasteiger partial charge in [0.05, 0.1) is 11.9 Å². The molecule has 0 aliphatic carbocycles. The number of carbonyl (C=O) groups is 1. The topological polar surface area (TPSA) is 101 Å². The number of carbonyl (C=O) groups excluding carboxylic acids is 1. The van der Waals surface area contributed by atoms with Crippen LogP contribution >= 0.6 is 0 Å². The molecule has 0 aromatic heterocycles. The lowest BCUT2D eigenvalue weighted by Crippen LogP contribution is -2.32. The minimum Gasteiger partial charge on any atom is -0.350 e. The van der Waals surface area contributed by atoms with E-state index in [9.17, 15) is 13.2 Å². The van der Waals surface area contributed by atoms with Crippen LogP contribution in [-0.4, -0.2) is 27.1 Å². The maximum Gasteiger partial charge on any atom is 0.251 e. The number of anilines is 1. The zero-order valence-corrected chi connectivity index (χ0v) is 16.9. The molecule has 2 aromatic rings. The largest absolute Gasteiger partial charge is 0.350 e. The summed E-state index contributed by atoms with van der Waals surface area (Å²) in [6, 6.07) is 12.6. The molecular weight excluding hydrogens is 362 g/mol. The Morgan fingerprint density at radius 3 is 2.22 bits per heavy atom. The number of aryl methyl sites for hydroxylation is 1. The smallest absolute Gasteiger partial charge is 0.251 e. The number of hydrogen-bond acceptors (Lipinski definition) is 4. The molecule has 0 aliphatic rings. The van der Waals surface area contributed by atoms with Gasteiger partial charge in [0.25, 0.3) is 5.91 Å². The molecule has 146 valence electrons. The van der Waals surface area contributed by atoms with Crippen molar-refractivity contribution in [3.05, 3.63) is 64.7 Å². The molecular formula is C20H27N3O3S. The molecule has 0 fully saturated rings. The highest BCUT2D eigenvalue weighted by molar-refractivity contribution is 7.92. The Bertz CT molecular complexity index is 907. The van der Waals surface area contributed by atoms with Crippen LogP contribution in [0.2, 0.25) is 0 Å². The van der Waals surface area contributed by atoms with Gasteiger partial charge in [-0.05, 0) is 41.7 Å². The van der Waals surface area contributed by atoms with Gasteiger partial charge in [-0.2, -0.15) is 0 Å². The standard InChI is InChI=1S/C20H27N3O3S/c1-13(2)15-7-9-16(10-8-15)18(21)12-22-20(24)17-6-5-14(3)19(11-17)23-27(4,25)26/h5-11,13,18,23H,12,21H2,1-4H3,(H,22,24). The first-order valence-corrected chi connectivity index (χ1v) is 10.7. The van der Waals surface area contributed by atoms with Gasteiger partial charge in [-0.15, -0.1) is 0 Å². The molecule has 0 bridgehead atoms. The van der Waals surface area contributed by atoms with E-state index in [-0.39, 0.29) is 18.5 Å². The van der Waals surface area contributed by atoms with Crippen LogP contribution in [0.15, 0.2) is 42.5 Å². The summed E-state index contributed by atoms with van der Waals surface area (Å²) in [5, 5.41) is 2.80. The number of amides is 1. The number of hydrogen-bond donors (Lipinski definition) is 3. The Kier molecular flexibility index (Phi) is 6.62. The average Bonchev–Trinajstić information content (AvgIpc) is 2.60. The van der Waals surface area contributed by atoms with Gasteiger partial charge < -0.3 is 11.1 Å². The van der Waals surface area contributed by atoms with Crippen molar-refractivity contribution in [1.82, 2.24) is 5.32 Å². The van der Waals surface area contributed by atoms with Crippen LogP contribution in [0.25, 0.3) is 0 Å². The highest BCUT2D eigenvalue weighted by Gasteiger charge is 2.13. The van der Waals surface area contributed by atoms with Crippen molar-refractivity contribution in [2.45, 2.75) is 32.7 Å². The van der Waals surface area contributed by atoms with Gasteiger partial charge in [0.15, 0.2) is 0 Å². The second kappa shape index (κ2) is 8.54. The monoisotopic (exact) mass is 389 g/mol. The predicted molar refractivity (Wildman–Crippen MR) is 109 cm³/mol. The van der Waals surface area contributed by atoms with Crippen molar-refractivity contribution in [2.24, 2.45) is 5.73 Å². The van der Waals surface area contributed by atoms with Gasteiger partial charge in [0, 0.05) is 18.2 Å². The zero-order valence-electron chi connectivity index (χ0n) is 16.1. The lowest BCUT2D eigenvalue weighted by atomic mass is 9.99. The summed E-state index contributed by atoms with van der Waals surface area (Å²) in [6.07, 6.45) is 1.07. The minimum atomic E-state index is -3.42. The van der Waals surface area contributed by atoms with Crippen molar-refractivity contribution in [2.75, 3.05) is 17.5 Å². The Labute approximate surface area is 161 Å². The van der Waals surface area contributed by atoms with Crippen LogP contribution < -0.4 is 15.8 Å². The molecule has 0 saturated heterocycles. The fraction of sp³-hybridized carbons (Fsp3) is 0.350. The van der Waals surface area contributed by atoms with Gasteiger partial charge in [0.2, 0.25) is 10.0 Å². The Morgan fingerprint density at radius 1 is 1.07 bits per heavy atom. The normalized spacial score (nSPS) is 12.7. The van der Waals surface area contributed by atoms with Crippen molar-refractivity contribution < 1.29 is 13.2 Å². The van der Waals surface area contributed by atoms with Crippen LogP contribution in [0.1, 0.15) is 52.9 Å². The summed E-state index contributed by atoms with van der Waals surface area (Å²) in [5.41, 5.74) is 9.85. The number of sulfonamides is 1. The van der Waals surface area contributed by atoms with E-state index >= 15 is 0 Å². The first-order chi connectivity index (χ1) is 12.6. The third kappa shape index (κ3) is 6.08. The van der Waals surface area contributed by atoms with Crippen molar-refractivity contribution in [3.63, 3.8) is 0 Å². The van der Waals surface area contributed by atoms with E-state index in [0.29, 0.717) is 17.2 Å². The lowest BCUT2D eigenvalue weighted by molar-refractivity contribution is 0.0951. The van der Waals surface area contributed by atoms with E-state index in [1.54, 1.807) is 19.1 Å². The quantitative estimate of drug-likeness (QED) is 0.678. The molecule has 0 aliphatic heterocycles. The summed E-state index contributed by atoms with van der Waals surface area (Å²) in [7, 11) is -3.42. The average molecular weight is 390 g/mol. The number of nitrogens with two attached hydrogens (primary N) is 1. The van der Waals surface area contributed by atoms with Gasteiger partial charge >= 0.3 is 0 Å². The third-order valence-corrected chi connectivity index (χ3v) is 4.90. The molecule has 0 heterocycles. The van der Waals surface area contributed by atoms with Crippen molar-refractivity contribution in [3.8, 4) is 0 Å². The molecule has 2 aromatic carbocycles. The van der Waals surface area contributed by atoms with Crippen molar-refractivity contribution >= 4 is 21.6 Å². The Hall–Kier alpha value is -2.38. The van der Waals surface area contributed by atoms with Gasteiger partial charge in [-0.25, -0.2) is 8.42 Å². The van der Waals surface area contributed by atoms with E-state index in [4.69, 9.17) is 5.73 Å². The Morgan fingerprint density at radius 2 is 1.67 bits per heavy atom. The maximum absolute atomic E-state index is 12.4. The van der Waals surface area contributed by atoms with Gasteiger partial charge in [0.1, 0.15) is 0 Å². The summed E-state index contributed by atoms with van der Waals surface area (Å²) in [5.74, 6) is 0.145. The van der Waals surface area contributed by atoms with Gasteiger partial charge in [-0.3, -0.25) is 9.52 Å². The van der Waals surface area contributed by atoms with E-state index in [0.717, 1.165) is 17.4 Å². The molecule has 2 rings (SSSR count). The summed E-state index contributed by atoms with van der Waals surface area (Å²) < 4.78 is 25.3. The molecule has 0 spiro atoms. The molecule has 0 saturated carbocycles. The second-order valence-electron chi connectivity index (χ2n) is 7.04. The van der Waals surface area contributed by atoms with Crippen LogP contribution in [0.4, 0.5) is 5.69 Å². The summed E-state index contributed by atoms with van der Waals surface area (Å²) in [6.45, 7) is 6.31. The van der Waals surface area contributed by atoms with Crippen LogP contribution in [0.5, 0.6) is 0 Å². The molecule has 1 unspecified atom stereocenters. The SMILES string of the molecule is Cc1ccc(C(=O)NCC(N)c2ccc(C(C)C)cc2)cc1NS(C)(=O)=O. The number of benzene rings is 2. The predicted octanol–water partition coefficient (Wildman–Crippen LogP) is 2.92. The molecule has 0 radical (unpaired) electrons. The highest BCUT2D eigenvalue weighted by Crippen LogP contribution is 2.19. The van der Waals surface area contributed by atoms with E-state index in [1.807, 2.05) is 24.3 Å². The van der Waals surface area contributed by atoms with Gasteiger partial charge in [-0.1, -0.05) is 44.2 Å². The molecule has 6 nitrogen and oxygen atoms in total. The second-order valence-corrected chi connectivity index (χ2v) is 8.79. The van der Waals surface area contributed by atoms with E-state index in [2.05, 4.69) is 23.9 Å². The number of nitrogens with one attached hydrogen (secondary N) is 2. The minimum absolute atomic E-state index is 0.280. The fourth-order valence-corrected chi connectivity index (χ4v) is 3.24. The molecule has 4 N–H and O–H groups in total. The summed E-state index contributed by atoms with van der Waals surface area (Å²) in [4.78, 5) is 12.4. The first-order valence-electron chi connectivity index (χ1n) is 8.79. The highest BCUT2D eigenvalue weighted by atomic mass is 32.2. The molecule has 7 heteroatoms. The molecule has 1 atom stereocenters. The third-order valence-electron chi connectivity index (χ3n) is 4.31. The maximum atomic E-state index is 12.4. The van der Waals surface area contributed by atoms with Crippen molar-refractivity contribution in [1.29, 1.82) is 0 Å². The van der Waals surface area contributed by atoms with E-state index in [1.165, 1.54) is 11.6 Å².